The van der Waals surface area contributed by atoms with Crippen molar-refractivity contribution < 1.29 is 22.7 Å². The fourth-order valence-electron chi connectivity index (χ4n) is 3.53. The number of rotatable bonds is 12. The van der Waals surface area contributed by atoms with Gasteiger partial charge in [0.05, 0.1) is 19.1 Å². The van der Waals surface area contributed by atoms with Crippen LogP contribution >= 0.6 is 11.6 Å². The molecule has 0 aromatic heterocycles. The number of methoxy groups -OCH3 is 1. The number of ether oxygens (including phenoxy) is 1. The number of amides is 2. The SMILES string of the molecule is CC[C@@H](C)NC(=O)[C@@H](CC)N(Cc1ccc(OC)cc1)C(=O)CN(c1cccc(Cl)c1)S(C)(=O)=O. The van der Waals surface area contributed by atoms with E-state index in [9.17, 15) is 18.0 Å². The first-order valence-electron chi connectivity index (χ1n) is 11.5. The molecule has 0 heterocycles. The van der Waals surface area contributed by atoms with E-state index in [1.54, 1.807) is 37.4 Å². The molecule has 2 atom stereocenters. The number of hydrogen-bond acceptors (Lipinski definition) is 5. The van der Waals surface area contributed by atoms with E-state index >= 15 is 0 Å². The third-order valence-electron chi connectivity index (χ3n) is 5.67. The van der Waals surface area contributed by atoms with Gasteiger partial charge in [-0.3, -0.25) is 13.9 Å². The van der Waals surface area contributed by atoms with Gasteiger partial charge in [0.15, 0.2) is 0 Å². The molecule has 0 fully saturated rings. The van der Waals surface area contributed by atoms with Crippen LogP contribution in [0.1, 0.15) is 39.2 Å². The monoisotopic (exact) mass is 523 g/mol. The topological polar surface area (TPSA) is 96.0 Å². The molecule has 0 aliphatic rings. The molecule has 0 aliphatic heterocycles. The van der Waals surface area contributed by atoms with Crippen LogP contribution in [0.2, 0.25) is 5.02 Å². The number of benzene rings is 2. The van der Waals surface area contributed by atoms with Gasteiger partial charge in [-0.1, -0.05) is 43.6 Å². The number of sulfonamides is 1. The van der Waals surface area contributed by atoms with E-state index in [1.807, 2.05) is 32.9 Å². The minimum Gasteiger partial charge on any atom is -0.497 e. The summed E-state index contributed by atoms with van der Waals surface area (Å²) in [4.78, 5) is 28.2. The summed E-state index contributed by atoms with van der Waals surface area (Å²) in [5.41, 5.74) is 1.05. The van der Waals surface area contributed by atoms with Crippen LogP contribution in [0.15, 0.2) is 48.5 Å². The summed E-state index contributed by atoms with van der Waals surface area (Å²) < 4.78 is 31.4. The van der Waals surface area contributed by atoms with Crippen molar-refractivity contribution in [1.82, 2.24) is 10.2 Å². The van der Waals surface area contributed by atoms with Crippen LogP contribution < -0.4 is 14.4 Å². The molecule has 0 unspecified atom stereocenters. The summed E-state index contributed by atoms with van der Waals surface area (Å²) in [7, 11) is -2.25. The second-order valence-corrected chi connectivity index (χ2v) is 10.7. The van der Waals surface area contributed by atoms with Crippen LogP contribution in [-0.2, 0) is 26.2 Å². The molecular formula is C25H34ClN3O5S. The Bertz CT molecular complexity index is 1110. The van der Waals surface area contributed by atoms with Gasteiger partial charge in [0.1, 0.15) is 18.3 Å². The maximum absolute atomic E-state index is 13.6. The summed E-state index contributed by atoms with van der Waals surface area (Å²) in [5.74, 6) is -0.118. The van der Waals surface area contributed by atoms with E-state index < -0.39 is 28.5 Å². The van der Waals surface area contributed by atoms with Crippen molar-refractivity contribution in [3.8, 4) is 5.75 Å². The summed E-state index contributed by atoms with van der Waals surface area (Å²) in [6.45, 7) is 5.33. The molecule has 35 heavy (non-hydrogen) atoms. The first-order chi connectivity index (χ1) is 16.5. The average Bonchev–Trinajstić information content (AvgIpc) is 2.81. The maximum atomic E-state index is 13.6. The van der Waals surface area contributed by atoms with Crippen molar-refractivity contribution in [3.05, 3.63) is 59.1 Å². The van der Waals surface area contributed by atoms with Gasteiger partial charge in [-0.2, -0.15) is 0 Å². The van der Waals surface area contributed by atoms with Crippen molar-refractivity contribution in [3.63, 3.8) is 0 Å². The van der Waals surface area contributed by atoms with Gasteiger partial charge >= 0.3 is 0 Å². The van der Waals surface area contributed by atoms with E-state index in [4.69, 9.17) is 16.3 Å². The molecule has 2 amide bonds. The fourth-order valence-corrected chi connectivity index (χ4v) is 4.56. The highest BCUT2D eigenvalue weighted by Crippen LogP contribution is 2.23. The van der Waals surface area contributed by atoms with Crippen LogP contribution in [0.25, 0.3) is 0 Å². The van der Waals surface area contributed by atoms with Gasteiger partial charge in [0, 0.05) is 17.6 Å². The molecule has 0 radical (unpaired) electrons. The number of nitrogens with zero attached hydrogens (tertiary/aromatic N) is 2. The molecule has 0 aliphatic carbocycles. The Labute approximate surface area is 213 Å². The van der Waals surface area contributed by atoms with Crippen LogP contribution in [0.3, 0.4) is 0 Å². The Morgan fingerprint density at radius 3 is 2.26 bits per heavy atom. The zero-order valence-electron chi connectivity index (χ0n) is 20.8. The molecule has 2 rings (SSSR count). The van der Waals surface area contributed by atoms with E-state index in [0.29, 0.717) is 17.2 Å². The van der Waals surface area contributed by atoms with Crippen LogP contribution in [0.4, 0.5) is 5.69 Å². The third kappa shape index (κ3) is 8.14. The van der Waals surface area contributed by atoms with Gasteiger partial charge in [0.2, 0.25) is 21.8 Å². The highest BCUT2D eigenvalue weighted by Gasteiger charge is 2.32. The molecular weight excluding hydrogens is 490 g/mol. The molecule has 192 valence electrons. The van der Waals surface area contributed by atoms with E-state index in [2.05, 4.69) is 5.32 Å². The lowest BCUT2D eigenvalue weighted by molar-refractivity contribution is -0.140. The molecule has 0 bridgehead atoms. The predicted molar refractivity (Wildman–Crippen MR) is 139 cm³/mol. The van der Waals surface area contributed by atoms with E-state index in [1.165, 1.54) is 11.0 Å². The lowest BCUT2D eigenvalue weighted by Gasteiger charge is -2.33. The zero-order valence-corrected chi connectivity index (χ0v) is 22.4. The van der Waals surface area contributed by atoms with Gasteiger partial charge in [-0.25, -0.2) is 8.42 Å². The van der Waals surface area contributed by atoms with E-state index in [-0.39, 0.29) is 24.2 Å². The minimum atomic E-state index is -3.81. The standard InChI is InChI=1S/C25H34ClN3O5S/c1-6-18(3)27-25(31)23(7-2)28(16-19-11-13-22(34-4)14-12-19)24(30)17-29(35(5,32)33)21-10-8-9-20(26)15-21/h8-15,18,23H,6-7,16-17H2,1-5H3,(H,27,31)/t18-,23-/m1/s1. The Kier molecular flexibility index (Phi) is 10.4. The smallest absolute Gasteiger partial charge is 0.244 e. The van der Waals surface area contributed by atoms with Gasteiger partial charge in [-0.15, -0.1) is 0 Å². The van der Waals surface area contributed by atoms with Crippen LogP contribution in [0.5, 0.6) is 5.75 Å². The zero-order chi connectivity index (χ0) is 26.2. The second kappa shape index (κ2) is 12.8. The average molecular weight is 524 g/mol. The van der Waals surface area contributed by atoms with Crippen molar-refractivity contribution in [2.75, 3.05) is 24.2 Å². The Morgan fingerprint density at radius 2 is 1.74 bits per heavy atom. The lowest BCUT2D eigenvalue weighted by Crippen LogP contribution is -2.53. The predicted octanol–water partition coefficient (Wildman–Crippen LogP) is 3.84. The molecule has 10 heteroatoms. The number of hydrogen-bond donors (Lipinski definition) is 1. The lowest BCUT2D eigenvalue weighted by atomic mass is 10.1. The largest absolute Gasteiger partial charge is 0.497 e. The summed E-state index contributed by atoms with van der Waals surface area (Å²) >= 11 is 6.07. The molecule has 1 N–H and O–H groups in total. The fraction of sp³-hybridized carbons (Fsp3) is 0.440. The number of carbonyl (C=O) groups is 2. The summed E-state index contributed by atoms with van der Waals surface area (Å²) in [6.07, 6.45) is 2.13. The Balaban J connectivity index is 2.43. The van der Waals surface area contributed by atoms with E-state index in [0.717, 1.165) is 22.5 Å². The van der Waals surface area contributed by atoms with Gasteiger partial charge < -0.3 is 15.0 Å². The molecule has 0 spiro atoms. The molecule has 8 nitrogen and oxygen atoms in total. The summed E-state index contributed by atoms with van der Waals surface area (Å²) in [6, 6.07) is 12.6. The van der Waals surface area contributed by atoms with Crippen molar-refractivity contribution >= 4 is 39.1 Å². The normalized spacial score (nSPS) is 13.0. The van der Waals surface area contributed by atoms with Crippen LogP contribution in [-0.4, -0.2) is 57.1 Å². The van der Waals surface area contributed by atoms with Crippen molar-refractivity contribution in [2.45, 2.75) is 52.2 Å². The van der Waals surface area contributed by atoms with Gasteiger partial charge in [0.25, 0.3) is 0 Å². The molecule has 2 aromatic rings. The number of halogens is 1. The first-order valence-corrected chi connectivity index (χ1v) is 13.7. The minimum absolute atomic E-state index is 0.0616. The third-order valence-corrected chi connectivity index (χ3v) is 7.05. The highest BCUT2D eigenvalue weighted by molar-refractivity contribution is 7.92. The van der Waals surface area contributed by atoms with Gasteiger partial charge in [-0.05, 0) is 55.7 Å². The Hall–Kier alpha value is -2.78. The maximum Gasteiger partial charge on any atom is 0.244 e. The number of nitrogens with one attached hydrogen (secondary N) is 1. The molecule has 0 saturated heterocycles. The quantitative estimate of drug-likeness (QED) is 0.456. The van der Waals surface area contributed by atoms with Crippen molar-refractivity contribution in [1.29, 1.82) is 0 Å². The number of carbonyl (C=O) groups excluding carboxylic acids is 2. The number of anilines is 1. The van der Waals surface area contributed by atoms with Crippen LogP contribution in [0, 0.1) is 0 Å². The second-order valence-electron chi connectivity index (χ2n) is 8.36. The summed E-state index contributed by atoms with van der Waals surface area (Å²) in [5, 5.41) is 3.29. The first kappa shape index (κ1) is 28.5. The highest BCUT2D eigenvalue weighted by atomic mass is 35.5. The molecule has 0 saturated carbocycles. The molecule has 2 aromatic carbocycles. The van der Waals surface area contributed by atoms with Crippen molar-refractivity contribution in [2.24, 2.45) is 0 Å². The Morgan fingerprint density at radius 1 is 1.09 bits per heavy atom.